The minimum absolute atomic E-state index is 0.247. The molecule has 0 heterocycles. The molecule has 5 nitrogen and oxygen atoms in total. The molecule has 0 fully saturated rings. The average Bonchev–Trinajstić information content (AvgIpc) is 2.98. The summed E-state index contributed by atoms with van der Waals surface area (Å²) in [5.74, 6) is -0.247. The molecule has 0 rings (SSSR count). The lowest BCUT2D eigenvalue weighted by atomic mass is 9.97. The molecule has 5 heteroatoms. The Morgan fingerprint density at radius 3 is 1.37 bits per heavy atom. The van der Waals surface area contributed by atoms with Gasteiger partial charge >= 0.3 is 0 Å². The Morgan fingerprint density at radius 2 is 0.951 bits per heavy atom. The minimum atomic E-state index is -1.29. The van der Waals surface area contributed by atoms with Crippen LogP contribution in [0, 0.1) is 0 Å². The second-order valence-electron chi connectivity index (χ2n) is 12.5. The lowest BCUT2D eigenvalue weighted by molar-refractivity contribution is -0.129. The number of Topliss-reactive ketones (excluding diaryl/α,β-unsaturated/α-hetero) is 1. The lowest BCUT2D eigenvalue weighted by Gasteiger charge is -2.21. The predicted octanol–water partition coefficient (Wildman–Crippen LogP) is 9.10. The van der Waals surface area contributed by atoms with Crippen LogP contribution in [0.2, 0.25) is 0 Å². The van der Waals surface area contributed by atoms with Crippen molar-refractivity contribution in [1.29, 1.82) is 0 Å². The number of nitrogens with two attached hydrogens (primary N) is 1. The molecule has 3 atom stereocenters. The van der Waals surface area contributed by atoms with Crippen LogP contribution in [-0.4, -0.2) is 46.0 Å². The maximum atomic E-state index is 12.4. The molecule has 0 aromatic rings. The summed E-state index contributed by atoms with van der Waals surface area (Å²) >= 11 is 0. The molecule has 0 amide bonds. The third-order valence-electron chi connectivity index (χ3n) is 8.48. The fraction of sp³-hybridized carbons (Fsp3) is 0.917. The summed E-state index contributed by atoms with van der Waals surface area (Å²) < 4.78 is 0. The van der Waals surface area contributed by atoms with E-state index in [9.17, 15) is 15.0 Å². The van der Waals surface area contributed by atoms with Crippen molar-refractivity contribution in [3.63, 3.8) is 0 Å². The van der Waals surface area contributed by atoms with Crippen molar-refractivity contribution >= 4 is 5.78 Å². The van der Waals surface area contributed by atoms with Gasteiger partial charge in [-0.25, -0.2) is 0 Å². The topological polar surface area (TPSA) is 104 Å². The van der Waals surface area contributed by atoms with Gasteiger partial charge in [0.05, 0.1) is 12.1 Å². The highest BCUT2D eigenvalue weighted by atomic mass is 16.3. The molecule has 0 radical (unpaired) electrons. The molecule has 0 bridgehead atoms. The molecule has 244 valence electrons. The first-order chi connectivity index (χ1) is 20.0. The van der Waals surface area contributed by atoms with Crippen molar-refractivity contribution < 1.29 is 20.1 Å². The number of unbranched alkanes of at least 4 members (excludes halogenated alkanes) is 25. The highest BCUT2D eigenvalue weighted by Crippen LogP contribution is 2.15. The number of ketones is 1. The highest BCUT2D eigenvalue weighted by molar-refractivity contribution is 5.83. The van der Waals surface area contributed by atoms with E-state index in [0.29, 0.717) is 13.0 Å². The summed E-state index contributed by atoms with van der Waals surface area (Å²) in [5, 5.41) is 29.4. The molecule has 0 aromatic carbocycles. The van der Waals surface area contributed by atoms with E-state index in [1.54, 1.807) is 6.08 Å². The predicted molar refractivity (Wildman–Crippen MR) is 176 cm³/mol. The Balaban J connectivity index is 3.60. The Hall–Kier alpha value is -0.750. The molecular weight excluding hydrogens is 510 g/mol. The zero-order chi connectivity index (χ0) is 30.2. The van der Waals surface area contributed by atoms with E-state index in [0.717, 1.165) is 38.5 Å². The molecule has 0 aliphatic rings. The van der Waals surface area contributed by atoms with Crippen LogP contribution in [-0.2, 0) is 4.79 Å². The van der Waals surface area contributed by atoms with Crippen molar-refractivity contribution in [3.05, 3.63) is 12.2 Å². The first-order valence-corrected chi connectivity index (χ1v) is 18.0. The minimum Gasteiger partial charge on any atom is -0.396 e. The van der Waals surface area contributed by atoms with Crippen LogP contribution >= 0.6 is 0 Å². The summed E-state index contributed by atoms with van der Waals surface area (Å²) in [6, 6.07) is -0.956. The van der Waals surface area contributed by atoms with E-state index in [2.05, 4.69) is 6.92 Å². The number of hydrogen-bond donors (Lipinski definition) is 4. The molecule has 0 saturated heterocycles. The Morgan fingerprint density at radius 1 is 0.585 bits per heavy atom. The van der Waals surface area contributed by atoms with E-state index in [4.69, 9.17) is 10.8 Å². The summed E-state index contributed by atoms with van der Waals surface area (Å²) in [6.45, 7) is 2.59. The van der Waals surface area contributed by atoms with Crippen LogP contribution in [0.4, 0.5) is 0 Å². The molecule has 41 heavy (non-hydrogen) atoms. The van der Waals surface area contributed by atoms with Gasteiger partial charge in [-0.2, -0.15) is 0 Å². The van der Waals surface area contributed by atoms with Gasteiger partial charge in [0.25, 0.3) is 0 Å². The molecule has 1 unspecified atom stereocenters. The molecular formula is C36H71NO4. The summed E-state index contributed by atoms with van der Waals surface area (Å²) in [6.07, 6.45) is 35.1. The molecule has 5 N–H and O–H groups in total. The zero-order valence-corrected chi connectivity index (χ0v) is 27.2. The molecule has 0 spiro atoms. The summed E-state index contributed by atoms with van der Waals surface area (Å²) in [7, 11) is 0. The van der Waals surface area contributed by atoms with Crippen molar-refractivity contribution in [1.82, 2.24) is 0 Å². The first kappa shape index (κ1) is 40.2. The van der Waals surface area contributed by atoms with Gasteiger partial charge in [0.15, 0.2) is 5.78 Å². The normalized spacial score (nSPS) is 14.1. The van der Waals surface area contributed by atoms with Crippen LogP contribution in [0.1, 0.15) is 187 Å². The molecule has 0 aliphatic carbocycles. The monoisotopic (exact) mass is 582 g/mol. The standard InChI is InChI=1S/C36H71NO4/c1-2-3-4-5-6-7-8-12-15-18-21-24-27-30-33(39)35(37)36(41)34(40)31-28-25-22-19-16-13-10-9-11-14-17-20-23-26-29-32-38/h27,30,33,35-36,38-39,41H,2-26,28-29,31-32,37H2,1H3/b30-27+/t33-,35-,36?/m1/s1. The van der Waals surface area contributed by atoms with Gasteiger partial charge in [-0.05, 0) is 25.7 Å². The van der Waals surface area contributed by atoms with E-state index in [1.807, 2.05) is 6.08 Å². The van der Waals surface area contributed by atoms with E-state index >= 15 is 0 Å². The van der Waals surface area contributed by atoms with Crippen molar-refractivity contribution in [2.45, 2.75) is 205 Å². The maximum absolute atomic E-state index is 12.4. The largest absolute Gasteiger partial charge is 0.396 e. The summed E-state index contributed by atoms with van der Waals surface area (Å²) in [4.78, 5) is 12.4. The third-order valence-corrected chi connectivity index (χ3v) is 8.48. The van der Waals surface area contributed by atoms with E-state index in [1.165, 1.54) is 135 Å². The second kappa shape index (κ2) is 32.2. The number of aliphatic hydroxyl groups excluding tert-OH is 3. The Bertz CT molecular complexity index is 568. The number of allylic oxidation sites excluding steroid dienone is 1. The summed E-state index contributed by atoms with van der Waals surface area (Å²) in [5.41, 5.74) is 5.99. The van der Waals surface area contributed by atoms with Crippen LogP contribution in [0.3, 0.4) is 0 Å². The first-order valence-electron chi connectivity index (χ1n) is 18.0. The Labute approximate surface area is 255 Å². The number of hydrogen-bond acceptors (Lipinski definition) is 5. The van der Waals surface area contributed by atoms with Gasteiger partial charge < -0.3 is 21.1 Å². The quantitative estimate of drug-likeness (QED) is 0.0457. The highest BCUT2D eigenvalue weighted by Gasteiger charge is 2.26. The van der Waals surface area contributed by atoms with Crippen molar-refractivity contribution in [3.8, 4) is 0 Å². The van der Waals surface area contributed by atoms with Crippen molar-refractivity contribution in [2.24, 2.45) is 5.73 Å². The van der Waals surface area contributed by atoms with Gasteiger partial charge in [0.2, 0.25) is 0 Å². The second-order valence-corrected chi connectivity index (χ2v) is 12.5. The smallest absolute Gasteiger partial charge is 0.162 e. The van der Waals surface area contributed by atoms with Gasteiger partial charge in [0.1, 0.15) is 6.10 Å². The van der Waals surface area contributed by atoms with Crippen LogP contribution in [0.5, 0.6) is 0 Å². The average molecular weight is 582 g/mol. The lowest BCUT2D eigenvalue weighted by Crippen LogP contribution is -2.47. The Kier molecular flexibility index (Phi) is 31.6. The van der Waals surface area contributed by atoms with Crippen molar-refractivity contribution in [2.75, 3.05) is 6.61 Å². The van der Waals surface area contributed by atoms with Gasteiger partial charge in [-0.15, -0.1) is 0 Å². The molecule has 0 aliphatic heterocycles. The van der Waals surface area contributed by atoms with Gasteiger partial charge in [-0.1, -0.05) is 167 Å². The number of rotatable bonds is 33. The SMILES string of the molecule is CCCCCCCCCCCCC/C=C/[C@@H](O)[C@@H](N)C(O)C(=O)CCCCCCCCCCCCCCCCCO. The maximum Gasteiger partial charge on any atom is 0.162 e. The number of carbonyl (C=O) groups is 1. The zero-order valence-electron chi connectivity index (χ0n) is 27.2. The van der Waals surface area contributed by atoms with Crippen LogP contribution in [0.25, 0.3) is 0 Å². The van der Waals surface area contributed by atoms with E-state index in [-0.39, 0.29) is 5.78 Å². The van der Waals surface area contributed by atoms with E-state index < -0.39 is 18.2 Å². The van der Waals surface area contributed by atoms with Gasteiger partial charge in [0, 0.05) is 13.0 Å². The van der Waals surface area contributed by atoms with Crippen LogP contribution < -0.4 is 5.73 Å². The van der Waals surface area contributed by atoms with Crippen LogP contribution in [0.15, 0.2) is 12.2 Å². The fourth-order valence-electron chi connectivity index (χ4n) is 5.55. The molecule has 0 saturated carbocycles. The number of carbonyl (C=O) groups excluding carboxylic acids is 1. The van der Waals surface area contributed by atoms with Gasteiger partial charge in [-0.3, -0.25) is 4.79 Å². The number of aliphatic hydroxyl groups is 3. The fourth-order valence-corrected chi connectivity index (χ4v) is 5.55. The molecule has 0 aromatic heterocycles. The third kappa shape index (κ3) is 27.8.